The van der Waals surface area contributed by atoms with Gasteiger partial charge in [0.15, 0.2) is 5.17 Å². The van der Waals surface area contributed by atoms with E-state index in [0.717, 1.165) is 30.1 Å². The normalized spacial score (nSPS) is 20.9. The summed E-state index contributed by atoms with van der Waals surface area (Å²) < 4.78 is 27.3. The lowest BCUT2D eigenvalue weighted by molar-refractivity contribution is 0.377. The Bertz CT molecular complexity index is 718. The first-order valence-corrected chi connectivity index (χ1v) is 10.1. The third kappa shape index (κ3) is 4.37. The van der Waals surface area contributed by atoms with Crippen LogP contribution in [0.2, 0.25) is 0 Å². The van der Waals surface area contributed by atoms with Gasteiger partial charge in [-0.3, -0.25) is 14.6 Å². The lowest BCUT2D eigenvalue weighted by Crippen LogP contribution is -2.27. The van der Waals surface area contributed by atoms with Crippen LogP contribution >= 0.6 is 11.8 Å². The van der Waals surface area contributed by atoms with Gasteiger partial charge in [0.2, 0.25) is 0 Å². The van der Waals surface area contributed by atoms with Crippen molar-refractivity contribution in [3.8, 4) is 0 Å². The van der Waals surface area contributed by atoms with Crippen molar-refractivity contribution in [1.82, 2.24) is 9.62 Å². The molecule has 0 saturated carbocycles. The smallest absolute Gasteiger partial charge is 0.263 e. The zero-order valence-corrected chi connectivity index (χ0v) is 14.8. The van der Waals surface area contributed by atoms with Gasteiger partial charge in [-0.1, -0.05) is 35.5 Å². The summed E-state index contributed by atoms with van der Waals surface area (Å²) in [5.41, 5.74) is 1.03. The van der Waals surface area contributed by atoms with Crippen LogP contribution in [0.5, 0.6) is 0 Å². The molecule has 0 radical (unpaired) electrons. The lowest BCUT2D eigenvalue weighted by atomic mass is 10.2. The number of likely N-dealkylation sites (tertiary alicyclic amines) is 1. The van der Waals surface area contributed by atoms with E-state index in [1.807, 2.05) is 6.92 Å². The highest BCUT2D eigenvalue weighted by molar-refractivity contribution is 8.18. The van der Waals surface area contributed by atoms with E-state index in [1.165, 1.54) is 24.6 Å². The Labute approximate surface area is 141 Å². The summed E-state index contributed by atoms with van der Waals surface area (Å²) in [5.74, 6) is 0. The van der Waals surface area contributed by atoms with Gasteiger partial charge >= 0.3 is 0 Å². The average molecular weight is 351 g/mol. The number of hydrogen-bond donors (Lipinski definition) is 1. The van der Waals surface area contributed by atoms with Crippen molar-refractivity contribution < 1.29 is 8.42 Å². The Morgan fingerprint density at radius 2 is 1.96 bits per heavy atom. The molecule has 1 aromatic rings. The minimum absolute atomic E-state index is 0.265. The van der Waals surface area contributed by atoms with Gasteiger partial charge in [0.05, 0.1) is 11.4 Å². The molecule has 3 rings (SSSR count). The summed E-state index contributed by atoms with van der Waals surface area (Å²) >= 11 is 1.41. The highest BCUT2D eigenvalue weighted by Crippen LogP contribution is 2.25. The topological polar surface area (TPSA) is 61.8 Å². The molecule has 23 heavy (non-hydrogen) atoms. The van der Waals surface area contributed by atoms with Crippen molar-refractivity contribution >= 4 is 27.0 Å². The monoisotopic (exact) mass is 351 g/mol. The van der Waals surface area contributed by atoms with E-state index in [0.29, 0.717) is 11.7 Å². The maximum atomic E-state index is 12.3. The Morgan fingerprint density at radius 3 is 2.65 bits per heavy atom. The number of nitrogens with zero attached hydrogens (tertiary/aromatic N) is 2. The Balaban J connectivity index is 1.58. The molecule has 2 heterocycles. The molecule has 7 heteroatoms. The molecule has 0 unspecified atom stereocenters. The first-order chi connectivity index (χ1) is 11.0. The first-order valence-electron chi connectivity index (χ1n) is 7.76. The van der Waals surface area contributed by atoms with Gasteiger partial charge < -0.3 is 0 Å². The minimum atomic E-state index is -3.55. The summed E-state index contributed by atoms with van der Waals surface area (Å²) in [6, 6.07) is 6.81. The number of aryl methyl sites for hydroxylation is 1. The lowest BCUT2D eigenvalue weighted by Gasteiger charge is -2.11. The minimum Gasteiger partial charge on any atom is -0.300 e. The van der Waals surface area contributed by atoms with E-state index in [9.17, 15) is 8.42 Å². The maximum Gasteiger partial charge on any atom is 0.263 e. The second-order valence-electron chi connectivity index (χ2n) is 5.82. The van der Waals surface area contributed by atoms with Crippen molar-refractivity contribution in [2.24, 2.45) is 4.99 Å². The number of nitrogens with one attached hydrogen (secondary N) is 1. The molecular formula is C16H21N3O2S2. The molecule has 1 fully saturated rings. The fraction of sp³-hybridized carbons (Fsp3) is 0.438. The van der Waals surface area contributed by atoms with Gasteiger partial charge in [0.1, 0.15) is 0 Å². The Hall–Kier alpha value is -1.31. The number of amidine groups is 1. The molecule has 1 aromatic carbocycles. The van der Waals surface area contributed by atoms with Crippen molar-refractivity contribution in [2.75, 3.05) is 26.2 Å². The predicted octanol–water partition coefficient (Wildman–Crippen LogP) is 2.36. The van der Waals surface area contributed by atoms with E-state index < -0.39 is 10.0 Å². The fourth-order valence-electron chi connectivity index (χ4n) is 2.59. The second-order valence-corrected chi connectivity index (χ2v) is 8.62. The van der Waals surface area contributed by atoms with Gasteiger partial charge in [0.25, 0.3) is 10.0 Å². The molecule has 0 amide bonds. The molecule has 1 N–H and O–H groups in total. The van der Waals surface area contributed by atoms with Gasteiger partial charge in [-0.15, -0.1) is 0 Å². The van der Waals surface area contributed by atoms with Gasteiger partial charge in [-0.2, -0.15) is 0 Å². The molecule has 1 saturated heterocycles. The molecule has 0 atom stereocenters. The fourth-order valence-corrected chi connectivity index (χ4v) is 4.65. The highest BCUT2D eigenvalue weighted by Gasteiger charge is 2.21. The van der Waals surface area contributed by atoms with E-state index in [2.05, 4.69) is 20.7 Å². The Kier molecular flexibility index (Phi) is 5.08. The van der Waals surface area contributed by atoms with Gasteiger partial charge in [-0.05, 0) is 45.0 Å². The van der Waals surface area contributed by atoms with Crippen molar-refractivity contribution in [3.63, 3.8) is 0 Å². The summed E-state index contributed by atoms with van der Waals surface area (Å²) in [6.45, 7) is 5.72. The van der Waals surface area contributed by atoms with Crippen LogP contribution in [-0.2, 0) is 10.0 Å². The Morgan fingerprint density at radius 1 is 1.26 bits per heavy atom. The number of benzene rings is 1. The first kappa shape index (κ1) is 16.5. The van der Waals surface area contributed by atoms with Crippen molar-refractivity contribution in [1.29, 1.82) is 0 Å². The average Bonchev–Trinajstić information content (AvgIpc) is 3.16. The number of rotatable bonds is 4. The molecule has 0 aliphatic carbocycles. The zero-order valence-electron chi connectivity index (χ0n) is 13.2. The molecule has 124 valence electrons. The predicted molar refractivity (Wildman–Crippen MR) is 95.2 cm³/mol. The van der Waals surface area contributed by atoms with E-state index >= 15 is 0 Å². The van der Waals surface area contributed by atoms with Crippen LogP contribution in [0.15, 0.2) is 45.1 Å². The third-order valence-corrected chi connectivity index (χ3v) is 6.40. The molecular weight excluding hydrogens is 330 g/mol. The van der Waals surface area contributed by atoms with Crippen molar-refractivity contribution in [2.45, 2.75) is 24.7 Å². The van der Waals surface area contributed by atoms with Crippen LogP contribution in [0.3, 0.4) is 0 Å². The van der Waals surface area contributed by atoms with Crippen LogP contribution in [0.25, 0.3) is 0 Å². The van der Waals surface area contributed by atoms with Gasteiger partial charge in [-0.25, -0.2) is 8.42 Å². The molecule has 0 aromatic heterocycles. The zero-order chi connectivity index (χ0) is 16.3. The summed E-state index contributed by atoms with van der Waals surface area (Å²) in [5, 5.41) is 0.457. The standard InChI is InChI=1S/C16H21N3O2S2/c1-13-4-6-15(7-5-13)23(20,21)18-16-17-12-14(22-16)8-11-19-9-2-3-10-19/h4-8H,2-3,9-12H2,1H3,(H,17,18)/b14-8-. The molecule has 2 aliphatic rings. The van der Waals surface area contributed by atoms with E-state index in [1.54, 1.807) is 24.3 Å². The quantitative estimate of drug-likeness (QED) is 0.904. The van der Waals surface area contributed by atoms with Gasteiger partial charge in [0, 0.05) is 11.4 Å². The number of thioether (sulfide) groups is 1. The van der Waals surface area contributed by atoms with E-state index in [-0.39, 0.29) is 4.90 Å². The SMILES string of the molecule is Cc1ccc(S(=O)(=O)NC2=NC/C(=C/CN3CCCC3)S2)cc1. The number of aliphatic imine (C=N–C) groups is 1. The summed E-state index contributed by atoms with van der Waals surface area (Å²) in [7, 11) is -3.55. The summed E-state index contributed by atoms with van der Waals surface area (Å²) in [6.07, 6.45) is 4.70. The van der Waals surface area contributed by atoms with Crippen LogP contribution in [0, 0.1) is 6.92 Å². The van der Waals surface area contributed by atoms with Crippen LogP contribution in [-0.4, -0.2) is 44.7 Å². The molecule has 0 spiro atoms. The number of sulfonamides is 1. The molecule has 5 nitrogen and oxygen atoms in total. The molecule has 0 bridgehead atoms. The summed E-state index contributed by atoms with van der Waals surface area (Å²) in [4.78, 5) is 8.07. The van der Waals surface area contributed by atoms with Crippen LogP contribution in [0.1, 0.15) is 18.4 Å². The molecule has 2 aliphatic heterocycles. The largest absolute Gasteiger partial charge is 0.300 e. The second kappa shape index (κ2) is 7.07. The maximum absolute atomic E-state index is 12.3. The third-order valence-electron chi connectivity index (χ3n) is 3.94. The van der Waals surface area contributed by atoms with E-state index in [4.69, 9.17) is 0 Å². The highest BCUT2D eigenvalue weighted by atomic mass is 32.2. The van der Waals surface area contributed by atoms with Crippen molar-refractivity contribution in [3.05, 3.63) is 40.8 Å². The number of hydrogen-bond acceptors (Lipinski definition) is 5. The van der Waals surface area contributed by atoms with Crippen LogP contribution < -0.4 is 4.72 Å². The van der Waals surface area contributed by atoms with Crippen LogP contribution in [0.4, 0.5) is 0 Å².